The Hall–Kier alpha value is -3.52. The van der Waals surface area contributed by atoms with Crippen LogP contribution in [0.25, 0.3) is 0 Å². The summed E-state index contributed by atoms with van der Waals surface area (Å²) in [6.07, 6.45) is 2.00. The molecule has 1 saturated heterocycles. The van der Waals surface area contributed by atoms with Crippen LogP contribution in [0.4, 0.5) is 0 Å². The molecule has 0 saturated carbocycles. The fraction of sp³-hybridized carbons (Fsp3) is 0.556. The lowest BCUT2D eigenvalue weighted by Crippen LogP contribution is -2.42. The highest BCUT2D eigenvalue weighted by Gasteiger charge is 2.34. The average Bonchev–Trinajstić information content (AvgIpc) is 3.24. The van der Waals surface area contributed by atoms with Gasteiger partial charge in [-0.1, -0.05) is 6.42 Å². The van der Waals surface area contributed by atoms with Crippen LogP contribution >= 0.6 is 0 Å². The number of aliphatic hydroxyl groups excluding tert-OH is 2. The van der Waals surface area contributed by atoms with Crippen LogP contribution in [0.2, 0.25) is 0 Å². The van der Waals surface area contributed by atoms with Crippen molar-refractivity contribution in [1.82, 2.24) is 10.2 Å². The SMILES string of the molecule is O=C(CCCCCN1C(=O)C=CC1=O)NCCOCCOc1cc(OC2CC(O)CC(C(=O)O)O2)ccc1CO. The van der Waals surface area contributed by atoms with Crippen molar-refractivity contribution < 1.29 is 53.4 Å². The number of amides is 3. The number of hydrogen-bond acceptors (Lipinski definition) is 10. The molecule has 3 amide bonds. The van der Waals surface area contributed by atoms with E-state index in [1.807, 2.05) is 0 Å². The van der Waals surface area contributed by atoms with Gasteiger partial charge in [0, 0.05) is 56.1 Å². The summed E-state index contributed by atoms with van der Waals surface area (Å²) in [5.41, 5.74) is 0.517. The summed E-state index contributed by atoms with van der Waals surface area (Å²) in [5, 5.41) is 31.4. The zero-order valence-corrected chi connectivity index (χ0v) is 22.2. The molecule has 13 heteroatoms. The quantitative estimate of drug-likeness (QED) is 0.153. The number of rotatable bonds is 17. The molecule has 0 spiro atoms. The Morgan fingerprint density at radius 3 is 2.55 bits per heavy atom. The summed E-state index contributed by atoms with van der Waals surface area (Å²) >= 11 is 0. The third-order valence-electron chi connectivity index (χ3n) is 6.26. The topological polar surface area (TPSA) is 181 Å². The van der Waals surface area contributed by atoms with Gasteiger partial charge in [0.1, 0.15) is 18.1 Å². The van der Waals surface area contributed by atoms with Crippen molar-refractivity contribution in [1.29, 1.82) is 0 Å². The molecule has 0 radical (unpaired) electrons. The van der Waals surface area contributed by atoms with Gasteiger partial charge in [-0.3, -0.25) is 19.3 Å². The molecule has 40 heavy (non-hydrogen) atoms. The van der Waals surface area contributed by atoms with Gasteiger partial charge in [0.05, 0.1) is 25.9 Å². The van der Waals surface area contributed by atoms with Gasteiger partial charge in [0.2, 0.25) is 12.2 Å². The van der Waals surface area contributed by atoms with Gasteiger partial charge < -0.3 is 39.6 Å². The van der Waals surface area contributed by atoms with Crippen molar-refractivity contribution in [3.8, 4) is 11.5 Å². The van der Waals surface area contributed by atoms with Crippen LogP contribution in [0.15, 0.2) is 30.4 Å². The van der Waals surface area contributed by atoms with E-state index >= 15 is 0 Å². The first-order chi connectivity index (χ1) is 19.3. The number of imide groups is 1. The normalized spacial score (nSPS) is 20.6. The second-order valence-electron chi connectivity index (χ2n) is 9.35. The molecule has 1 fully saturated rings. The molecule has 3 rings (SSSR count). The van der Waals surface area contributed by atoms with Crippen LogP contribution in [0.1, 0.15) is 44.1 Å². The number of carboxylic acids is 1. The number of nitrogens with one attached hydrogen (secondary N) is 1. The number of carboxylic acid groups (broad SMARTS) is 1. The number of ether oxygens (including phenoxy) is 4. The van der Waals surface area contributed by atoms with E-state index in [0.29, 0.717) is 49.4 Å². The third kappa shape index (κ3) is 9.90. The number of hydrogen-bond donors (Lipinski definition) is 4. The molecule has 0 bridgehead atoms. The van der Waals surface area contributed by atoms with Gasteiger partial charge in [-0.25, -0.2) is 4.79 Å². The summed E-state index contributed by atoms with van der Waals surface area (Å²) in [6.45, 7) is 1.09. The largest absolute Gasteiger partial charge is 0.491 e. The molecule has 3 unspecified atom stereocenters. The Balaban J connectivity index is 1.27. The highest BCUT2D eigenvalue weighted by Crippen LogP contribution is 2.28. The standard InChI is InChI=1S/C27H36N2O11/c30-17-18-5-6-20(39-26-15-19(31)14-22(40-26)27(35)36)16-21(18)38-13-12-37-11-9-28-23(32)4-2-1-3-10-29-24(33)7-8-25(29)34/h5-8,16,19,22,26,30-31H,1-4,9-15,17H2,(H,28,32)(H,35,36). The molecule has 0 aromatic heterocycles. The first kappa shape index (κ1) is 31.0. The predicted molar refractivity (Wildman–Crippen MR) is 138 cm³/mol. The van der Waals surface area contributed by atoms with E-state index < -0.39 is 24.5 Å². The van der Waals surface area contributed by atoms with Crippen molar-refractivity contribution in [2.75, 3.05) is 32.9 Å². The maximum Gasteiger partial charge on any atom is 0.333 e. The maximum absolute atomic E-state index is 11.9. The van der Waals surface area contributed by atoms with Crippen molar-refractivity contribution in [3.63, 3.8) is 0 Å². The van der Waals surface area contributed by atoms with Crippen molar-refractivity contribution in [2.24, 2.45) is 0 Å². The van der Waals surface area contributed by atoms with Gasteiger partial charge in [0.25, 0.3) is 11.8 Å². The van der Waals surface area contributed by atoms with E-state index in [2.05, 4.69) is 5.32 Å². The minimum atomic E-state index is -1.17. The van der Waals surface area contributed by atoms with Crippen molar-refractivity contribution in [2.45, 2.75) is 63.6 Å². The van der Waals surface area contributed by atoms with E-state index in [1.54, 1.807) is 18.2 Å². The second-order valence-corrected chi connectivity index (χ2v) is 9.35. The molecular weight excluding hydrogens is 528 g/mol. The minimum Gasteiger partial charge on any atom is -0.491 e. The van der Waals surface area contributed by atoms with Gasteiger partial charge in [0.15, 0.2) is 6.10 Å². The molecular formula is C27H36N2O11. The van der Waals surface area contributed by atoms with Crippen LogP contribution in [-0.4, -0.2) is 95.3 Å². The Labute approximate surface area is 231 Å². The molecule has 13 nitrogen and oxygen atoms in total. The second kappa shape index (κ2) is 15.9. The first-order valence-electron chi connectivity index (χ1n) is 13.2. The van der Waals surface area contributed by atoms with Crippen LogP contribution in [0.5, 0.6) is 11.5 Å². The summed E-state index contributed by atoms with van der Waals surface area (Å²) < 4.78 is 22.3. The zero-order valence-electron chi connectivity index (χ0n) is 22.2. The van der Waals surface area contributed by atoms with Crippen LogP contribution < -0.4 is 14.8 Å². The highest BCUT2D eigenvalue weighted by atomic mass is 16.7. The lowest BCUT2D eigenvalue weighted by molar-refractivity contribution is -0.195. The molecule has 2 aliphatic rings. The fourth-order valence-corrected chi connectivity index (χ4v) is 4.17. The Kier molecular flexibility index (Phi) is 12.3. The monoisotopic (exact) mass is 564 g/mol. The summed E-state index contributed by atoms with van der Waals surface area (Å²) in [5.74, 6) is -1.19. The van der Waals surface area contributed by atoms with Gasteiger partial charge in [-0.05, 0) is 25.0 Å². The molecule has 2 heterocycles. The molecule has 2 aliphatic heterocycles. The predicted octanol–water partition coefficient (Wildman–Crippen LogP) is 0.505. The van der Waals surface area contributed by atoms with Crippen molar-refractivity contribution >= 4 is 23.7 Å². The number of carbonyl (C=O) groups is 4. The zero-order chi connectivity index (χ0) is 28.9. The summed E-state index contributed by atoms with van der Waals surface area (Å²) in [6, 6.07) is 4.74. The lowest BCUT2D eigenvalue weighted by atomic mass is 10.1. The van der Waals surface area contributed by atoms with E-state index in [4.69, 9.17) is 24.1 Å². The number of carbonyl (C=O) groups excluding carboxylic acids is 3. The number of benzene rings is 1. The number of aliphatic hydroxyl groups is 2. The van der Waals surface area contributed by atoms with Gasteiger partial charge in [-0.2, -0.15) is 0 Å². The summed E-state index contributed by atoms with van der Waals surface area (Å²) in [7, 11) is 0. The fourth-order valence-electron chi connectivity index (χ4n) is 4.17. The smallest absolute Gasteiger partial charge is 0.333 e. The molecule has 0 aliphatic carbocycles. The van der Waals surface area contributed by atoms with Gasteiger partial charge >= 0.3 is 5.97 Å². The Bertz CT molecular complexity index is 1040. The number of nitrogens with zero attached hydrogens (tertiary/aromatic N) is 1. The summed E-state index contributed by atoms with van der Waals surface area (Å²) in [4.78, 5) is 47.3. The van der Waals surface area contributed by atoms with Crippen LogP contribution in [0.3, 0.4) is 0 Å². The lowest BCUT2D eigenvalue weighted by Gasteiger charge is -2.31. The van der Waals surface area contributed by atoms with Crippen LogP contribution in [0, 0.1) is 0 Å². The van der Waals surface area contributed by atoms with E-state index in [0.717, 1.165) is 6.42 Å². The molecule has 3 atom stereocenters. The highest BCUT2D eigenvalue weighted by molar-refractivity contribution is 6.12. The number of aliphatic carboxylic acids is 1. The van der Waals surface area contributed by atoms with Gasteiger partial charge in [-0.15, -0.1) is 0 Å². The molecule has 220 valence electrons. The van der Waals surface area contributed by atoms with Crippen molar-refractivity contribution in [3.05, 3.63) is 35.9 Å². The minimum absolute atomic E-state index is 0.0119. The van der Waals surface area contributed by atoms with E-state index in [-0.39, 0.29) is 57.0 Å². The third-order valence-corrected chi connectivity index (χ3v) is 6.26. The molecule has 1 aromatic rings. The average molecular weight is 565 g/mol. The van der Waals surface area contributed by atoms with E-state index in [1.165, 1.54) is 17.1 Å². The molecule has 1 aromatic carbocycles. The van der Waals surface area contributed by atoms with E-state index in [9.17, 15) is 29.4 Å². The first-order valence-corrected chi connectivity index (χ1v) is 13.2. The molecule has 4 N–H and O–H groups in total. The maximum atomic E-state index is 11.9. The van der Waals surface area contributed by atoms with Crippen LogP contribution in [-0.2, 0) is 35.3 Å². The Morgan fingerprint density at radius 1 is 1.05 bits per heavy atom. The Morgan fingerprint density at radius 2 is 1.82 bits per heavy atom. The number of unbranched alkanes of at least 4 members (excludes halogenated alkanes) is 2.